The van der Waals surface area contributed by atoms with Crippen molar-refractivity contribution in [1.29, 1.82) is 0 Å². The zero-order valence-corrected chi connectivity index (χ0v) is 7.33. The second-order valence-corrected chi connectivity index (χ2v) is 2.42. The Morgan fingerprint density at radius 1 is 1.50 bits per heavy atom. The van der Waals surface area contributed by atoms with E-state index < -0.39 is 24.1 Å². The Labute approximate surface area is 70.7 Å². The summed E-state index contributed by atoms with van der Waals surface area (Å²) in [6.07, 6.45) is -0.662. The van der Waals surface area contributed by atoms with Gasteiger partial charge < -0.3 is 15.2 Å². The lowest BCUT2D eigenvalue weighted by molar-refractivity contribution is -0.152. The highest BCUT2D eigenvalue weighted by molar-refractivity contribution is 5.75. The molecule has 0 saturated carbocycles. The van der Waals surface area contributed by atoms with Gasteiger partial charge in [0.25, 0.3) is 0 Å². The Kier molecular flexibility index (Phi) is 4.28. The summed E-state index contributed by atoms with van der Waals surface area (Å²) in [6, 6.07) is -0.853. The number of carboxylic acids is 1. The first-order chi connectivity index (χ1) is 5.49. The molecule has 0 rings (SSSR count). The van der Waals surface area contributed by atoms with Crippen molar-refractivity contribution in [1.82, 2.24) is 5.32 Å². The molecular weight excluding hydrogens is 162 g/mol. The molecule has 0 aliphatic carbocycles. The van der Waals surface area contributed by atoms with E-state index in [0.29, 0.717) is 0 Å². The molecule has 2 atom stereocenters. The summed E-state index contributed by atoms with van der Waals surface area (Å²) in [6.45, 7) is 2.77. The Hall–Kier alpha value is -1.10. The fourth-order valence-electron chi connectivity index (χ4n) is 0.889. The molecule has 0 fully saturated rings. The van der Waals surface area contributed by atoms with Gasteiger partial charge in [0.05, 0.1) is 0 Å². The summed E-state index contributed by atoms with van der Waals surface area (Å²) in [4.78, 5) is 21.0. The van der Waals surface area contributed by atoms with Gasteiger partial charge in [-0.2, -0.15) is 0 Å². The van der Waals surface area contributed by atoms with Gasteiger partial charge in [0.2, 0.25) is 0 Å². The van der Waals surface area contributed by atoms with E-state index in [4.69, 9.17) is 5.11 Å². The minimum absolute atomic E-state index is 0.482. The molecule has 5 heteroatoms. The van der Waals surface area contributed by atoms with Crippen LogP contribution in [0.25, 0.3) is 0 Å². The average molecular weight is 175 g/mol. The normalized spacial score (nSPS) is 14.9. The molecule has 0 aliphatic heterocycles. The zero-order valence-electron chi connectivity index (χ0n) is 7.33. The van der Waals surface area contributed by atoms with E-state index in [1.807, 2.05) is 0 Å². The number of carboxylic acid groups (broad SMARTS) is 1. The van der Waals surface area contributed by atoms with E-state index in [2.05, 4.69) is 10.1 Å². The maximum Gasteiger partial charge on any atom is 0.324 e. The standard InChI is InChI=1S/C7H13NO4/c1-4(12-5(2)9)6(8-3)7(10)11/h4,6,8H,1-3H3,(H,10,11)/t4-,6+/m0/s1. The molecule has 0 heterocycles. The lowest BCUT2D eigenvalue weighted by Gasteiger charge is -2.18. The van der Waals surface area contributed by atoms with Crippen molar-refractivity contribution in [2.24, 2.45) is 0 Å². The molecular formula is C7H13NO4. The number of rotatable bonds is 4. The summed E-state index contributed by atoms with van der Waals surface area (Å²) < 4.78 is 4.68. The first kappa shape index (κ1) is 10.9. The quantitative estimate of drug-likeness (QED) is 0.569. The third-order valence-electron chi connectivity index (χ3n) is 1.40. The van der Waals surface area contributed by atoms with Crippen molar-refractivity contribution in [3.8, 4) is 0 Å². The molecule has 0 bridgehead atoms. The summed E-state index contributed by atoms with van der Waals surface area (Å²) in [5.74, 6) is -1.52. The molecule has 0 aliphatic rings. The van der Waals surface area contributed by atoms with Crippen molar-refractivity contribution < 1.29 is 19.4 Å². The molecule has 70 valence electrons. The number of hydrogen-bond donors (Lipinski definition) is 2. The smallest absolute Gasteiger partial charge is 0.324 e. The van der Waals surface area contributed by atoms with Crippen LogP contribution in [0, 0.1) is 0 Å². The van der Waals surface area contributed by atoms with Gasteiger partial charge in [0.1, 0.15) is 12.1 Å². The first-order valence-corrected chi connectivity index (χ1v) is 3.56. The van der Waals surface area contributed by atoms with Gasteiger partial charge in [0, 0.05) is 6.92 Å². The van der Waals surface area contributed by atoms with E-state index in [-0.39, 0.29) is 0 Å². The molecule has 0 saturated heterocycles. The number of carbonyl (C=O) groups is 2. The van der Waals surface area contributed by atoms with Gasteiger partial charge in [-0.3, -0.25) is 9.59 Å². The molecule has 0 aromatic heterocycles. The van der Waals surface area contributed by atoms with Crippen LogP contribution in [0.1, 0.15) is 13.8 Å². The highest BCUT2D eigenvalue weighted by Crippen LogP contribution is 1.98. The summed E-state index contributed by atoms with van der Waals surface area (Å²) in [5, 5.41) is 11.1. The fourth-order valence-corrected chi connectivity index (χ4v) is 0.889. The topological polar surface area (TPSA) is 75.6 Å². The molecule has 0 radical (unpaired) electrons. The molecule has 0 unspecified atom stereocenters. The monoisotopic (exact) mass is 175 g/mol. The lowest BCUT2D eigenvalue weighted by Crippen LogP contribution is -2.44. The zero-order chi connectivity index (χ0) is 9.72. The number of nitrogens with one attached hydrogen (secondary N) is 1. The fraction of sp³-hybridized carbons (Fsp3) is 0.714. The van der Waals surface area contributed by atoms with Crippen molar-refractivity contribution in [3.05, 3.63) is 0 Å². The van der Waals surface area contributed by atoms with Crippen LogP contribution in [0.2, 0.25) is 0 Å². The van der Waals surface area contributed by atoms with Crippen LogP contribution in [0.3, 0.4) is 0 Å². The number of carbonyl (C=O) groups excluding carboxylic acids is 1. The largest absolute Gasteiger partial charge is 0.480 e. The van der Waals surface area contributed by atoms with Crippen LogP contribution in [0.5, 0.6) is 0 Å². The SMILES string of the molecule is CN[C@@H](C(=O)O)[C@H](C)OC(C)=O. The van der Waals surface area contributed by atoms with Gasteiger partial charge in [-0.05, 0) is 14.0 Å². The van der Waals surface area contributed by atoms with Gasteiger partial charge in [-0.25, -0.2) is 0 Å². The third-order valence-corrected chi connectivity index (χ3v) is 1.40. The second-order valence-electron chi connectivity index (χ2n) is 2.42. The summed E-state index contributed by atoms with van der Waals surface area (Å²) in [5.41, 5.74) is 0. The molecule has 0 aromatic rings. The number of hydrogen-bond acceptors (Lipinski definition) is 4. The van der Waals surface area contributed by atoms with Crippen LogP contribution >= 0.6 is 0 Å². The van der Waals surface area contributed by atoms with Crippen molar-refractivity contribution in [2.75, 3.05) is 7.05 Å². The van der Waals surface area contributed by atoms with E-state index in [1.165, 1.54) is 20.9 Å². The Bertz CT molecular complexity index is 180. The Morgan fingerprint density at radius 3 is 2.25 bits per heavy atom. The van der Waals surface area contributed by atoms with E-state index >= 15 is 0 Å². The number of aliphatic carboxylic acids is 1. The molecule has 0 amide bonds. The minimum atomic E-state index is -1.04. The van der Waals surface area contributed by atoms with Gasteiger partial charge in [0.15, 0.2) is 0 Å². The van der Waals surface area contributed by atoms with Crippen LogP contribution in [-0.4, -0.2) is 36.2 Å². The molecule has 5 nitrogen and oxygen atoms in total. The predicted molar refractivity (Wildman–Crippen MR) is 41.7 cm³/mol. The second kappa shape index (κ2) is 4.71. The van der Waals surface area contributed by atoms with Crippen molar-refractivity contribution in [2.45, 2.75) is 26.0 Å². The molecule has 2 N–H and O–H groups in total. The number of esters is 1. The number of likely N-dealkylation sites (N-methyl/N-ethyl adjacent to an activating group) is 1. The van der Waals surface area contributed by atoms with Crippen LogP contribution < -0.4 is 5.32 Å². The predicted octanol–water partition coefficient (Wildman–Crippen LogP) is -0.389. The average Bonchev–Trinajstić information content (AvgIpc) is 1.85. The lowest BCUT2D eigenvalue weighted by atomic mass is 10.2. The highest BCUT2D eigenvalue weighted by Gasteiger charge is 2.24. The van der Waals surface area contributed by atoms with Crippen LogP contribution in [0.15, 0.2) is 0 Å². The van der Waals surface area contributed by atoms with E-state index in [0.717, 1.165) is 0 Å². The Morgan fingerprint density at radius 2 is 2.00 bits per heavy atom. The molecule has 0 aromatic carbocycles. The van der Waals surface area contributed by atoms with Crippen LogP contribution in [-0.2, 0) is 14.3 Å². The first-order valence-electron chi connectivity index (χ1n) is 3.56. The van der Waals surface area contributed by atoms with Gasteiger partial charge >= 0.3 is 11.9 Å². The van der Waals surface area contributed by atoms with Crippen LogP contribution in [0.4, 0.5) is 0 Å². The molecule has 12 heavy (non-hydrogen) atoms. The maximum absolute atomic E-state index is 10.5. The van der Waals surface area contributed by atoms with Crippen molar-refractivity contribution in [3.63, 3.8) is 0 Å². The summed E-state index contributed by atoms with van der Waals surface area (Å²) in [7, 11) is 1.50. The summed E-state index contributed by atoms with van der Waals surface area (Å²) >= 11 is 0. The Balaban J connectivity index is 4.11. The minimum Gasteiger partial charge on any atom is -0.480 e. The number of ether oxygens (including phenoxy) is 1. The van der Waals surface area contributed by atoms with Crippen molar-refractivity contribution >= 4 is 11.9 Å². The third kappa shape index (κ3) is 3.34. The maximum atomic E-state index is 10.5. The molecule has 0 spiro atoms. The van der Waals surface area contributed by atoms with Gasteiger partial charge in [-0.15, -0.1) is 0 Å². The van der Waals surface area contributed by atoms with E-state index in [1.54, 1.807) is 0 Å². The van der Waals surface area contributed by atoms with E-state index in [9.17, 15) is 9.59 Å². The van der Waals surface area contributed by atoms with Gasteiger partial charge in [-0.1, -0.05) is 0 Å². The highest BCUT2D eigenvalue weighted by atomic mass is 16.5.